The Bertz CT molecular complexity index is 627. The van der Waals surface area contributed by atoms with Crippen molar-refractivity contribution in [3.8, 4) is 0 Å². The van der Waals surface area contributed by atoms with Gasteiger partial charge in [-0.15, -0.1) is 0 Å². The van der Waals surface area contributed by atoms with Crippen LogP contribution in [0.25, 0.3) is 11.0 Å². The number of fused-ring (bicyclic) bond motifs is 1. The predicted octanol–water partition coefficient (Wildman–Crippen LogP) is 0.711. The van der Waals surface area contributed by atoms with Gasteiger partial charge in [-0.3, -0.25) is 4.79 Å². The molecule has 0 saturated carbocycles. The molecule has 2 aromatic rings. The van der Waals surface area contributed by atoms with Crippen molar-refractivity contribution >= 4 is 22.6 Å². The topological polar surface area (TPSA) is 110 Å². The first-order chi connectivity index (χ1) is 9.15. The third-order valence-electron chi connectivity index (χ3n) is 3.58. The van der Waals surface area contributed by atoms with Gasteiger partial charge >= 0.3 is 0 Å². The van der Waals surface area contributed by atoms with Gasteiger partial charge in [0.2, 0.25) is 0 Å². The molecule has 1 aromatic carbocycles. The molecule has 0 bridgehead atoms. The van der Waals surface area contributed by atoms with Gasteiger partial charge in [-0.1, -0.05) is 0 Å². The maximum atomic E-state index is 11.5. The molecule has 1 fully saturated rings. The van der Waals surface area contributed by atoms with Crippen LogP contribution in [0.3, 0.4) is 0 Å². The summed E-state index contributed by atoms with van der Waals surface area (Å²) in [5, 5.41) is 3.35. The van der Waals surface area contributed by atoms with Gasteiger partial charge in [0.1, 0.15) is 11.3 Å². The summed E-state index contributed by atoms with van der Waals surface area (Å²) in [7, 11) is 0. The highest BCUT2D eigenvalue weighted by atomic mass is 16.1. The number of hydrogen-bond acceptors (Lipinski definition) is 4. The molecule has 3 rings (SSSR count). The van der Waals surface area contributed by atoms with Crippen LogP contribution in [0, 0.1) is 0 Å². The summed E-state index contributed by atoms with van der Waals surface area (Å²) in [6, 6.07) is 3.36. The Morgan fingerprint density at radius 3 is 2.95 bits per heavy atom. The van der Waals surface area contributed by atoms with Crippen LogP contribution in [0.5, 0.6) is 0 Å². The van der Waals surface area contributed by atoms with E-state index in [4.69, 9.17) is 11.5 Å². The number of hydrogen-bond donors (Lipinski definition) is 4. The molecule has 19 heavy (non-hydrogen) atoms. The van der Waals surface area contributed by atoms with Crippen molar-refractivity contribution in [3.63, 3.8) is 0 Å². The second kappa shape index (κ2) is 4.55. The van der Waals surface area contributed by atoms with Gasteiger partial charge in [0.15, 0.2) is 0 Å². The molecule has 0 spiro atoms. The van der Waals surface area contributed by atoms with Crippen molar-refractivity contribution in [1.29, 1.82) is 0 Å². The molecule has 2 heterocycles. The zero-order valence-electron chi connectivity index (χ0n) is 10.6. The number of nitrogen functional groups attached to an aromatic ring is 1. The number of primary amides is 1. The fraction of sp³-hybridized carbons (Fsp3) is 0.385. The Hall–Kier alpha value is -2.08. The average molecular weight is 259 g/mol. The second-order valence-electron chi connectivity index (χ2n) is 4.99. The van der Waals surface area contributed by atoms with Crippen LogP contribution in [-0.2, 0) is 0 Å². The number of imidazole rings is 1. The molecule has 6 nitrogen and oxygen atoms in total. The first kappa shape index (κ1) is 12.0. The number of amides is 1. The van der Waals surface area contributed by atoms with Crippen LogP contribution < -0.4 is 16.8 Å². The molecule has 6 heteroatoms. The number of benzene rings is 1. The number of aromatic nitrogens is 2. The highest BCUT2D eigenvalue weighted by Gasteiger charge is 2.20. The minimum atomic E-state index is -0.503. The number of carbonyl (C=O) groups is 1. The quantitative estimate of drug-likeness (QED) is 0.595. The summed E-state index contributed by atoms with van der Waals surface area (Å²) in [5.41, 5.74) is 13.4. The van der Waals surface area contributed by atoms with Crippen LogP contribution in [0.2, 0.25) is 0 Å². The molecule has 1 aliphatic rings. The molecule has 0 radical (unpaired) electrons. The average Bonchev–Trinajstić information content (AvgIpc) is 2.82. The Labute approximate surface area is 110 Å². The van der Waals surface area contributed by atoms with Crippen molar-refractivity contribution in [3.05, 3.63) is 23.5 Å². The minimum absolute atomic E-state index is 0.350. The third kappa shape index (κ3) is 2.15. The first-order valence-electron chi connectivity index (χ1n) is 6.45. The van der Waals surface area contributed by atoms with Crippen molar-refractivity contribution in [1.82, 2.24) is 15.3 Å². The molecule has 1 aliphatic heterocycles. The summed E-state index contributed by atoms with van der Waals surface area (Å²) in [6.45, 7) is 1.96. The normalized spacial score (nSPS) is 19.7. The van der Waals surface area contributed by atoms with Crippen LogP contribution in [0.1, 0.15) is 34.9 Å². The van der Waals surface area contributed by atoms with Gasteiger partial charge in [0.05, 0.1) is 11.1 Å². The lowest BCUT2D eigenvalue weighted by molar-refractivity contribution is 0.100. The maximum absolute atomic E-state index is 11.5. The fourth-order valence-electron chi connectivity index (χ4n) is 2.63. The van der Waals surface area contributed by atoms with Gasteiger partial charge in [-0.25, -0.2) is 4.98 Å². The Balaban J connectivity index is 2.09. The number of nitrogens with two attached hydrogens (primary N) is 2. The number of anilines is 1. The van der Waals surface area contributed by atoms with E-state index in [2.05, 4.69) is 15.3 Å². The highest BCUT2D eigenvalue weighted by molar-refractivity contribution is 6.05. The summed E-state index contributed by atoms with van der Waals surface area (Å²) in [5.74, 6) is 0.746. The number of rotatable bonds is 2. The zero-order valence-corrected chi connectivity index (χ0v) is 10.6. The molecule has 1 saturated heterocycles. The second-order valence-corrected chi connectivity index (χ2v) is 4.99. The lowest BCUT2D eigenvalue weighted by atomic mass is 9.99. The van der Waals surface area contributed by atoms with E-state index in [1.54, 1.807) is 12.1 Å². The van der Waals surface area contributed by atoms with Crippen LogP contribution in [0.4, 0.5) is 5.69 Å². The van der Waals surface area contributed by atoms with Gasteiger partial charge in [-0.05, 0) is 31.5 Å². The van der Waals surface area contributed by atoms with Crippen molar-refractivity contribution < 1.29 is 4.79 Å². The first-order valence-corrected chi connectivity index (χ1v) is 6.45. The zero-order chi connectivity index (χ0) is 13.4. The smallest absolute Gasteiger partial charge is 0.251 e. The lowest BCUT2D eigenvalue weighted by Gasteiger charge is -2.20. The number of H-pyrrole nitrogens is 1. The highest BCUT2D eigenvalue weighted by Crippen LogP contribution is 2.26. The number of nitrogens with zero attached hydrogens (tertiary/aromatic N) is 1. The molecule has 1 unspecified atom stereocenters. The summed E-state index contributed by atoms with van der Waals surface area (Å²) >= 11 is 0. The van der Waals surface area contributed by atoms with Crippen molar-refractivity contribution in [2.24, 2.45) is 5.73 Å². The minimum Gasteiger partial charge on any atom is -0.399 e. The van der Waals surface area contributed by atoms with E-state index in [0.29, 0.717) is 22.7 Å². The lowest BCUT2D eigenvalue weighted by Crippen LogP contribution is -2.28. The largest absolute Gasteiger partial charge is 0.399 e. The van der Waals surface area contributed by atoms with Crippen molar-refractivity contribution in [2.45, 2.75) is 18.8 Å². The molecule has 6 N–H and O–H groups in total. The van der Waals surface area contributed by atoms with E-state index in [1.165, 1.54) is 0 Å². The number of aromatic amines is 1. The number of nitrogens with one attached hydrogen (secondary N) is 2. The van der Waals surface area contributed by atoms with E-state index in [0.717, 1.165) is 37.3 Å². The molecule has 1 amide bonds. The summed E-state index contributed by atoms with van der Waals surface area (Å²) in [6.07, 6.45) is 2.22. The third-order valence-corrected chi connectivity index (χ3v) is 3.58. The van der Waals surface area contributed by atoms with E-state index in [-0.39, 0.29) is 0 Å². The Kier molecular flexibility index (Phi) is 2.87. The summed E-state index contributed by atoms with van der Waals surface area (Å²) < 4.78 is 0. The Morgan fingerprint density at radius 1 is 1.42 bits per heavy atom. The molecule has 1 aromatic heterocycles. The predicted molar refractivity (Wildman–Crippen MR) is 73.9 cm³/mol. The van der Waals surface area contributed by atoms with Gasteiger partial charge in [0, 0.05) is 18.2 Å². The number of carbonyl (C=O) groups excluding carboxylic acids is 1. The number of piperidine rings is 1. The van der Waals surface area contributed by atoms with E-state index in [9.17, 15) is 4.79 Å². The SMILES string of the molecule is NC(=O)c1cc(N)cc2[nH]c(C3CCCNC3)nc12. The maximum Gasteiger partial charge on any atom is 0.251 e. The standard InChI is InChI=1S/C13H17N5O/c14-8-4-9(12(15)19)11-10(5-8)17-13(18-11)7-2-1-3-16-6-7/h4-5,7,16H,1-3,6,14H2,(H2,15,19)(H,17,18). The molecule has 1 atom stereocenters. The van der Waals surface area contributed by atoms with Crippen molar-refractivity contribution in [2.75, 3.05) is 18.8 Å². The van der Waals surface area contributed by atoms with E-state index in [1.807, 2.05) is 0 Å². The molecule has 100 valence electrons. The van der Waals surface area contributed by atoms with E-state index < -0.39 is 5.91 Å². The monoisotopic (exact) mass is 259 g/mol. The molecular formula is C13H17N5O. The Morgan fingerprint density at radius 2 is 2.26 bits per heavy atom. The molecular weight excluding hydrogens is 242 g/mol. The van der Waals surface area contributed by atoms with E-state index >= 15 is 0 Å². The van der Waals surface area contributed by atoms with Crippen LogP contribution in [0.15, 0.2) is 12.1 Å². The van der Waals surface area contributed by atoms with Gasteiger partial charge in [-0.2, -0.15) is 0 Å². The van der Waals surface area contributed by atoms with Crippen LogP contribution >= 0.6 is 0 Å². The fourth-order valence-corrected chi connectivity index (χ4v) is 2.63. The van der Waals surface area contributed by atoms with Crippen LogP contribution in [-0.4, -0.2) is 29.0 Å². The van der Waals surface area contributed by atoms with Gasteiger partial charge < -0.3 is 21.8 Å². The molecule has 0 aliphatic carbocycles. The van der Waals surface area contributed by atoms with Gasteiger partial charge in [0.25, 0.3) is 5.91 Å². The summed E-state index contributed by atoms with van der Waals surface area (Å²) in [4.78, 5) is 19.3.